The van der Waals surface area contributed by atoms with Crippen molar-refractivity contribution < 1.29 is 0 Å². The van der Waals surface area contributed by atoms with Crippen LogP contribution in [-0.2, 0) is 18.3 Å². The minimum absolute atomic E-state index is 0.280. The monoisotopic (exact) mass is 229 g/mol. The van der Waals surface area contributed by atoms with Crippen molar-refractivity contribution in [3.8, 4) is 0 Å². The smallest absolute Gasteiger partial charge is 0.00235 e. The van der Waals surface area contributed by atoms with Gasteiger partial charge < -0.3 is 5.32 Å². The third-order valence-electron chi connectivity index (χ3n) is 4.56. The molecule has 1 heterocycles. The van der Waals surface area contributed by atoms with Gasteiger partial charge in [0.2, 0.25) is 0 Å². The summed E-state index contributed by atoms with van der Waals surface area (Å²) in [5.41, 5.74) is 5.58. The van der Waals surface area contributed by atoms with E-state index in [0.717, 1.165) is 0 Å². The zero-order valence-corrected chi connectivity index (χ0v) is 11.3. The van der Waals surface area contributed by atoms with Crippen LogP contribution in [0.3, 0.4) is 0 Å². The lowest BCUT2D eigenvalue weighted by molar-refractivity contribution is 0.143. The highest BCUT2D eigenvalue weighted by molar-refractivity contribution is 5.38. The normalized spacial score (nSPS) is 22.1. The van der Waals surface area contributed by atoms with Gasteiger partial charge >= 0.3 is 0 Å². The lowest BCUT2D eigenvalue weighted by Crippen LogP contribution is -2.56. The van der Waals surface area contributed by atoms with Crippen LogP contribution in [0.15, 0.2) is 18.2 Å². The fourth-order valence-electron chi connectivity index (χ4n) is 3.17. The lowest BCUT2D eigenvalue weighted by atomic mass is 9.67. The van der Waals surface area contributed by atoms with Gasteiger partial charge in [-0.05, 0) is 46.8 Å². The Bertz CT molecular complexity index is 435. The van der Waals surface area contributed by atoms with Gasteiger partial charge in [-0.25, -0.2) is 0 Å². The third-order valence-corrected chi connectivity index (χ3v) is 4.56. The van der Waals surface area contributed by atoms with Gasteiger partial charge in [0, 0.05) is 13.1 Å². The third kappa shape index (κ3) is 1.91. The molecule has 1 aliphatic carbocycles. The largest absolute Gasteiger partial charge is 0.316 e. The topological polar surface area (TPSA) is 12.0 Å². The van der Waals surface area contributed by atoms with Gasteiger partial charge in [0.25, 0.3) is 0 Å². The van der Waals surface area contributed by atoms with Crippen LogP contribution in [0.4, 0.5) is 0 Å². The summed E-state index contributed by atoms with van der Waals surface area (Å²) in [6, 6.07) is 7.17. The maximum Gasteiger partial charge on any atom is 0.00235 e. The van der Waals surface area contributed by atoms with Gasteiger partial charge in [-0.15, -0.1) is 0 Å². The average Bonchev–Trinajstić information content (AvgIpc) is 2.24. The minimum Gasteiger partial charge on any atom is -0.316 e. The number of fused-ring (bicyclic) bond motifs is 1. The van der Waals surface area contributed by atoms with Gasteiger partial charge in [0.1, 0.15) is 0 Å². The SMILES string of the molecule is CC(C)(C)c1ccc2c(c1)CCC1(CNC1)C2. The summed E-state index contributed by atoms with van der Waals surface area (Å²) < 4.78 is 0. The predicted octanol–water partition coefficient (Wildman–Crippen LogP) is 3.06. The molecule has 1 aromatic rings. The van der Waals surface area contributed by atoms with Crippen LogP contribution in [0.2, 0.25) is 0 Å². The Hall–Kier alpha value is -0.820. The van der Waals surface area contributed by atoms with Crippen molar-refractivity contribution in [2.75, 3.05) is 13.1 Å². The van der Waals surface area contributed by atoms with Gasteiger partial charge in [-0.2, -0.15) is 0 Å². The molecule has 1 nitrogen and oxygen atoms in total. The van der Waals surface area contributed by atoms with Crippen molar-refractivity contribution in [1.29, 1.82) is 0 Å². The van der Waals surface area contributed by atoms with E-state index in [4.69, 9.17) is 0 Å². The summed E-state index contributed by atoms with van der Waals surface area (Å²) in [4.78, 5) is 0. The first-order chi connectivity index (χ1) is 7.99. The average molecular weight is 229 g/mol. The second-order valence-electron chi connectivity index (χ2n) is 7.01. The summed E-state index contributed by atoms with van der Waals surface area (Å²) in [6.45, 7) is 9.36. The molecule has 0 unspecified atom stereocenters. The summed E-state index contributed by atoms with van der Waals surface area (Å²) in [7, 11) is 0. The first-order valence-corrected chi connectivity index (χ1v) is 6.82. The molecule has 0 bridgehead atoms. The summed E-state index contributed by atoms with van der Waals surface area (Å²) in [5, 5.41) is 3.44. The number of hydrogen-bond donors (Lipinski definition) is 1. The van der Waals surface area contributed by atoms with Crippen molar-refractivity contribution >= 4 is 0 Å². The Balaban J connectivity index is 1.91. The van der Waals surface area contributed by atoms with Crippen LogP contribution in [0.5, 0.6) is 0 Å². The van der Waals surface area contributed by atoms with Crippen LogP contribution in [-0.4, -0.2) is 13.1 Å². The molecule has 1 heteroatoms. The van der Waals surface area contributed by atoms with E-state index >= 15 is 0 Å². The quantitative estimate of drug-likeness (QED) is 0.721. The molecule has 0 saturated carbocycles. The van der Waals surface area contributed by atoms with Crippen LogP contribution in [0.1, 0.15) is 43.9 Å². The number of hydrogen-bond acceptors (Lipinski definition) is 1. The Morgan fingerprint density at radius 1 is 1.12 bits per heavy atom. The molecule has 1 fully saturated rings. The molecular formula is C16H23N. The highest BCUT2D eigenvalue weighted by atomic mass is 15.0. The molecule has 1 aliphatic heterocycles. The fraction of sp³-hybridized carbons (Fsp3) is 0.625. The second-order valence-corrected chi connectivity index (χ2v) is 7.01. The van der Waals surface area contributed by atoms with Gasteiger partial charge in [0.05, 0.1) is 0 Å². The fourth-order valence-corrected chi connectivity index (χ4v) is 3.17. The summed E-state index contributed by atoms with van der Waals surface area (Å²) >= 11 is 0. The van der Waals surface area contributed by atoms with Crippen LogP contribution >= 0.6 is 0 Å². The van der Waals surface area contributed by atoms with E-state index in [0.29, 0.717) is 5.41 Å². The summed E-state index contributed by atoms with van der Waals surface area (Å²) in [5.74, 6) is 0. The van der Waals surface area contributed by atoms with E-state index in [1.807, 2.05) is 0 Å². The zero-order chi connectivity index (χ0) is 12.1. The molecule has 1 aromatic carbocycles. The highest BCUT2D eigenvalue weighted by Crippen LogP contribution is 2.39. The van der Waals surface area contributed by atoms with Crippen LogP contribution in [0, 0.1) is 5.41 Å². The van der Waals surface area contributed by atoms with E-state index in [-0.39, 0.29) is 5.41 Å². The molecule has 3 rings (SSSR count). The van der Waals surface area contributed by atoms with Crippen molar-refractivity contribution in [3.05, 3.63) is 34.9 Å². The molecular weight excluding hydrogens is 206 g/mol. The Morgan fingerprint density at radius 3 is 2.47 bits per heavy atom. The molecule has 17 heavy (non-hydrogen) atoms. The van der Waals surface area contributed by atoms with Crippen LogP contribution in [0.25, 0.3) is 0 Å². The first-order valence-electron chi connectivity index (χ1n) is 6.82. The summed E-state index contributed by atoms with van der Waals surface area (Å²) in [6.07, 6.45) is 3.95. The molecule has 92 valence electrons. The maximum absolute atomic E-state index is 3.44. The Morgan fingerprint density at radius 2 is 1.88 bits per heavy atom. The van der Waals surface area contributed by atoms with E-state index < -0.39 is 0 Å². The second kappa shape index (κ2) is 3.58. The first kappa shape index (κ1) is 11.3. The molecule has 1 spiro atoms. The molecule has 0 aromatic heterocycles. The molecule has 0 atom stereocenters. The van der Waals surface area contributed by atoms with Crippen molar-refractivity contribution in [2.45, 2.75) is 45.4 Å². The molecule has 1 saturated heterocycles. The zero-order valence-electron chi connectivity index (χ0n) is 11.3. The molecule has 0 amide bonds. The highest BCUT2D eigenvalue weighted by Gasteiger charge is 2.39. The number of aryl methyl sites for hydroxylation is 1. The van der Waals surface area contributed by atoms with Crippen molar-refractivity contribution in [2.24, 2.45) is 5.41 Å². The van der Waals surface area contributed by atoms with Gasteiger partial charge in [0.15, 0.2) is 0 Å². The molecule has 0 radical (unpaired) electrons. The number of nitrogens with one attached hydrogen (secondary N) is 1. The van der Waals surface area contributed by atoms with Crippen molar-refractivity contribution in [1.82, 2.24) is 5.32 Å². The predicted molar refractivity (Wildman–Crippen MR) is 72.5 cm³/mol. The molecule has 1 N–H and O–H groups in total. The lowest BCUT2D eigenvalue weighted by Gasteiger charge is -2.46. The minimum atomic E-state index is 0.280. The van der Waals surface area contributed by atoms with E-state index in [2.05, 4.69) is 44.3 Å². The number of benzene rings is 1. The van der Waals surface area contributed by atoms with E-state index in [1.54, 1.807) is 11.1 Å². The molecule has 2 aliphatic rings. The number of rotatable bonds is 0. The van der Waals surface area contributed by atoms with E-state index in [9.17, 15) is 0 Å². The van der Waals surface area contributed by atoms with Crippen molar-refractivity contribution in [3.63, 3.8) is 0 Å². The standard InChI is InChI=1S/C16H23N/c1-15(2,3)14-5-4-13-9-16(10-17-11-16)7-6-12(13)8-14/h4-5,8,17H,6-7,9-11H2,1-3H3. The maximum atomic E-state index is 3.44. The Labute approximate surface area is 105 Å². The Kier molecular flexibility index (Phi) is 2.38. The van der Waals surface area contributed by atoms with Gasteiger partial charge in [-0.3, -0.25) is 0 Å². The van der Waals surface area contributed by atoms with Crippen LogP contribution < -0.4 is 5.32 Å². The van der Waals surface area contributed by atoms with Gasteiger partial charge in [-0.1, -0.05) is 39.0 Å². The van der Waals surface area contributed by atoms with E-state index in [1.165, 1.54) is 37.9 Å².